The molecule has 0 radical (unpaired) electrons. The maximum Gasteiger partial charge on any atom is 0.344 e. The van der Waals surface area contributed by atoms with Crippen LogP contribution in [-0.2, 0) is 19.1 Å². The maximum atomic E-state index is 11.7. The predicted octanol–water partition coefficient (Wildman–Crippen LogP) is 3.18. The van der Waals surface area contributed by atoms with Crippen molar-refractivity contribution < 1.29 is 19.1 Å². The van der Waals surface area contributed by atoms with Crippen LogP contribution in [0, 0.1) is 10.5 Å². The number of ether oxygens (including phenoxy) is 2. The molecule has 0 spiro atoms. The minimum Gasteiger partial charge on any atom is -0.464 e. The molecule has 21 heavy (non-hydrogen) atoms. The summed E-state index contributed by atoms with van der Waals surface area (Å²) in [4.78, 5) is 23.5. The topological polar surface area (TPSA) is 77.3 Å². The standard InChI is InChI=1S/C14H17IN2O4/c1-4-20-13(18)12(14(19)21-5-2)17-16-11-7-6-10(15)8-9(11)3/h6-8,12H,4-5H2,1-3H3. The normalized spacial score (nSPS) is 10.9. The van der Waals surface area contributed by atoms with E-state index >= 15 is 0 Å². The first-order valence-corrected chi connectivity index (χ1v) is 7.57. The van der Waals surface area contributed by atoms with Gasteiger partial charge in [0.1, 0.15) is 0 Å². The monoisotopic (exact) mass is 404 g/mol. The Morgan fingerprint density at radius 1 is 1.19 bits per heavy atom. The number of aryl methyl sites for hydroxylation is 1. The molecule has 0 saturated carbocycles. The van der Waals surface area contributed by atoms with Crippen molar-refractivity contribution in [3.05, 3.63) is 27.3 Å². The second kappa shape index (κ2) is 8.71. The Kier molecular flexibility index (Phi) is 7.27. The largest absolute Gasteiger partial charge is 0.464 e. The van der Waals surface area contributed by atoms with Gasteiger partial charge in [0, 0.05) is 3.57 Å². The van der Waals surface area contributed by atoms with Gasteiger partial charge in [-0.15, -0.1) is 0 Å². The first kappa shape index (κ1) is 17.5. The molecule has 0 amide bonds. The van der Waals surface area contributed by atoms with Crippen LogP contribution in [0.25, 0.3) is 0 Å². The van der Waals surface area contributed by atoms with E-state index in [0.29, 0.717) is 5.69 Å². The highest BCUT2D eigenvalue weighted by molar-refractivity contribution is 14.1. The van der Waals surface area contributed by atoms with Crippen LogP contribution in [-0.4, -0.2) is 31.2 Å². The average molecular weight is 404 g/mol. The summed E-state index contributed by atoms with van der Waals surface area (Å²) in [6.07, 6.45) is 0. The molecule has 0 aliphatic heterocycles. The SMILES string of the molecule is CCOC(=O)C(N=Nc1ccc(I)cc1C)C(=O)OCC. The Hall–Kier alpha value is -1.51. The number of benzene rings is 1. The molecule has 6 nitrogen and oxygen atoms in total. The summed E-state index contributed by atoms with van der Waals surface area (Å²) >= 11 is 2.19. The Balaban J connectivity index is 2.96. The second-order valence-electron chi connectivity index (χ2n) is 4.05. The average Bonchev–Trinajstić information content (AvgIpc) is 2.41. The molecule has 1 aromatic rings. The van der Waals surface area contributed by atoms with Crippen molar-refractivity contribution in [3.63, 3.8) is 0 Å². The van der Waals surface area contributed by atoms with Crippen LogP contribution in [0.4, 0.5) is 5.69 Å². The van der Waals surface area contributed by atoms with Gasteiger partial charge in [0.15, 0.2) is 0 Å². The van der Waals surface area contributed by atoms with E-state index in [1.165, 1.54) is 0 Å². The van der Waals surface area contributed by atoms with Gasteiger partial charge in [0.25, 0.3) is 6.04 Å². The van der Waals surface area contributed by atoms with Gasteiger partial charge in [-0.2, -0.15) is 10.2 Å². The molecular weight excluding hydrogens is 387 g/mol. The Morgan fingerprint density at radius 3 is 2.24 bits per heavy atom. The zero-order chi connectivity index (χ0) is 15.8. The third-order valence-corrected chi connectivity index (χ3v) is 3.13. The molecule has 0 aromatic heterocycles. The van der Waals surface area contributed by atoms with Gasteiger partial charge in [-0.05, 0) is 67.1 Å². The lowest BCUT2D eigenvalue weighted by Crippen LogP contribution is -2.31. The van der Waals surface area contributed by atoms with Crippen LogP contribution >= 0.6 is 22.6 Å². The summed E-state index contributed by atoms with van der Waals surface area (Å²) in [7, 11) is 0. The molecule has 0 saturated heterocycles. The molecule has 0 aliphatic rings. The van der Waals surface area contributed by atoms with Crippen LogP contribution in [0.2, 0.25) is 0 Å². The van der Waals surface area contributed by atoms with Crippen LogP contribution in [0.5, 0.6) is 0 Å². The van der Waals surface area contributed by atoms with Crippen molar-refractivity contribution in [2.45, 2.75) is 26.8 Å². The van der Waals surface area contributed by atoms with E-state index in [1.54, 1.807) is 19.9 Å². The fraction of sp³-hybridized carbons (Fsp3) is 0.429. The van der Waals surface area contributed by atoms with Gasteiger partial charge >= 0.3 is 11.9 Å². The number of carbonyl (C=O) groups excluding carboxylic acids is 2. The van der Waals surface area contributed by atoms with E-state index in [9.17, 15) is 9.59 Å². The number of hydrogen-bond acceptors (Lipinski definition) is 6. The van der Waals surface area contributed by atoms with Gasteiger partial charge < -0.3 is 9.47 Å². The van der Waals surface area contributed by atoms with Crippen LogP contribution in [0.1, 0.15) is 19.4 Å². The number of rotatable bonds is 6. The highest BCUT2D eigenvalue weighted by Crippen LogP contribution is 2.21. The van der Waals surface area contributed by atoms with Crippen molar-refractivity contribution in [1.82, 2.24) is 0 Å². The summed E-state index contributed by atoms with van der Waals surface area (Å²) in [5, 5.41) is 7.77. The smallest absolute Gasteiger partial charge is 0.344 e. The molecule has 1 rings (SSSR count). The molecule has 0 heterocycles. The molecule has 7 heteroatoms. The second-order valence-corrected chi connectivity index (χ2v) is 5.30. The summed E-state index contributed by atoms with van der Waals surface area (Å²) in [6.45, 7) is 5.50. The summed E-state index contributed by atoms with van der Waals surface area (Å²) in [5.41, 5.74) is 1.49. The van der Waals surface area contributed by atoms with Gasteiger partial charge in [0.2, 0.25) is 0 Å². The Bertz CT molecular complexity index is 528. The van der Waals surface area contributed by atoms with E-state index in [-0.39, 0.29) is 13.2 Å². The molecule has 0 aliphatic carbocycles. The van der Waals surface area contributed by atoms with E-state index in [0.717, 1.165) is 9.13 Å². The number of carbonyl (C=O) groups is 2. The van der Waals surface area contributed by atoms with Gasteiger partial charge in [0.05, 0.1) is 18.9 Å². The van der Waals surface area contributed by atoms with Gasteiger partial charge in [-0.3, -0.25) is 0 Å². The lowest BCUT2D eigenvalue weighted by atomic mass is 10.2. The number of nitrogens with zero attached hydrogens (tertiary/aromatic N) is 2. The van der Waals surface area contributed by atoms with E-state index in [1.807, 2.05) is 19.1 Å². The first-order valence-electron chi connectivity index (χ1n) is 6.49. The van der Waals surface area contributed by atoms with Crippen molar-refractivity contribution in [2.75, 3.05) is 13.2 Å². The molecule has 0 atom stereocenters. The highest BCUT2D eigenvalue weighted by atomic mass is 127. The Morgan fingerprint density at radius 2 is 1.76 bits per heavy atom. The number of halogens is 1. The minimum absolute atomic E-state index is 0.160. The van der Waals surface area contributed by atoms with Crippen LogP contribution < -0.4 is 0 Å². The van der Waals surface area contributed by atoms with Gasteiger partial charge in [-0.25, -0.2) is 9.59 Å². The summed E-state index contributed by atoms with van der Waals surface area (Å²) < 4.78 is 10.7. The highest BCUT2D eigenvalue weighted by Gasteiger charge is 2.29. The minimum atomic E-state index is -1.39. The van der Waals surface area contributed by atoms with Gasteiger partial charge in [-0.1, -0.05) is 0 Å². The molecule has 0 fully saturated rings. The van der Waals surface area contributed by atoms with E-state index in [4.69, 9.17) is 9.47 Å². The number of azo groups is 1. The van der Waals surface area contributed by atoms with E-state index in [2.05, 4.69) is 32.8 Å². The summed E-state index contributed by atoms with van der Waals surface area (Å²) in [6, 6.07) is 4.18. The van der Waals surface area contributed by atoms with E-state index < -0.39 is 18.0 Å². The van der Waals surface area contributed by atoms with Crippen molar-refractivity contribution >= 4 is 40.2 Å². The lowest BCUT2D eigenvalue weighted by Gasteiger charge is -2.09. The van der Waals surface area contributed by atoms with Crippen LogP contribution in [0.3, 0.4) is 0 Å². The predicted molar refractivity (Wildman–Crippen MR) is 85.5 cm³/mol. The maximum absolute atomic E-state index is 11.7. The lowest BCUT2D eigenvalue weighted by molar-refractivity contribution is -0.156. The van der Waals surface area contributed by atoms with Crippen molar-refractivity contribution in [1.29, 1.82) is 0 Å². The molecule has 1 aromatic carbocycles. The molecule has 0 bridgehead atoms. The number of hydrogen-bond donors (Lipinski definition) is 0. The fourth-order valence-electron chi connectivity index (χ4n) is 1.48. The fourth-order valence-corrected chi connectivity index (χ4v) is 2.13. The third-order valence-electron chi connectivity index (χ3n) is 2.46. The molecular formula is C14H17IN2O4. The first-order chi connectivity index (χ1) is 9.99. The van der Waals surface area contributed by atoms with Crippen molar-refractivity contribution in [3.8, 4) is 0 Å². The van der Waals surface area contributed by atoms with Crippen molar-refractivity contribution in [2.24, 2.45) is 10.2 Å². The van der Waals surface area contributed by atoms with Crippen LogP contribution in [0.15, 0.2) is 28.4 Å². The molecule has 0 unspecified atom stereocenters. The number of esters is 2. The summed E-state index contributed by atoms with van der Waals surface area (Å²) in [5.74, 6) is -1.52. The quantitative estimate of drug-likeness (QED) is 0.316. The zero-order valence-corrected chi connectivity index (χ0v) is 14.3. The Labute approximate surface area is 137 Å². The molecule has 114 valence electrons. The zero-order valence-electron chi connectivity index (χ0n) is 12.1. The molecule has 0 N–H and O–H groups in total. The third kappa shape index (κ3) is 5.41.